The van der Waals surface area contributed by atoms with Crippen LogP contribution in [0.4, 0.5) is 5.69 Å². The molecule has 2 rings (SSSR count). The second-order valence-electron chi connectivity index (χ2n) is 3.77. The molecule has 3 N–H and O–H groups in total. The van der Waals surface area contributed by atoms with E-state index in [0.717, 1.165) is 5.56 Å². The van der Waals surface area contributed by atoms with Gasteiger partial charge in [-0.2, -0.15) is 5.10 Å². The van der Waals surface area contributed by atoms with Crippen LogP contribution in [-0.2, 0) is 13.6 Å². The summed E-state index contributed by atoms with van der Waals surface area (Å²) >= 11 is 0. The lowest BCUT2D eigenvalue weighted by atomic mass is 10.2. The average molecular weight is 267 g/mol. The van der Waals surface area contributed by atoms with Crippen LogP contribution < -0.4 is 11.1 Å². The number of aryl methyl sites for hydroxylation is 1. The molecule has 0 atom stereocenters. The molecule has 0 aliphatic carbocycles. The minimum Gasteiger partial charge on any atom is -0.396 e. The number of carbonyl (C=O) groups excluding carboxylic acids is 1. The quantitative estimate of drug-likeness (QED) is 0.881. The van der Waals surface area contributed by atoms with Crippen molar-refractivity contribution in [1.82, 2.24) is 15.1 Å². The fourth-order valence-electron chi connectivity index (χ4n) is 1.55. The molecule has 0 saturated carbocycles. The van der Waals surface area contributed by atoms with Gasteiger partial charge in [0.2, 0.25) is 0 Å². The van der Waals surface area contributed by atoms with Crippen LogP contribution >= 0.6 is 12.4 Å². The number of benzene rings is 1. The van der Waals surface area contributed by atoms with Crippen LogP contribution in [0.15, 0.2) is 36.5 Å². The second kappa shape index (κ2) is 6.07. The zero-order valence-electron chi connectivity index (χ0n) is 9.96. The van der Waals surface area contributed by atoms with E-state index in [9.17, 15) is 4.79 Å². The first-order valence-corrected chi connectivity index (χ1v) is 5.28. The van der Waals surface area contributed by atoms with E-state index in [2.05, 4.69) is 10.4 Å². The number of anilines is 1. The Morgan fingerprint density at radius 2 is 2.06 bits per heavy atom. The predicted octanol–water partition coefficient (Wildman–Crippen LogP) is 1.35. The average Bonchev–Trinajstić information content (AvgIpc) is 2.67. The number of amides is 1. The molecule has 0 fully saturated rings. The van der Waals surface area contributed by atoms with Crippen molar-refractivity contribution in [1.29, 1.82) is 0 Å². The SMILES string of the molecule is Cl.Cn1cc(N)c(C(=O)NCc2ccccc2)n1. The maximum absolute atomic E-state index is 11.8. The highest BCUT2D eigenvalue weighted by Gasteiger charge is 2.13. The Morgan fingerprint density at radius 1 is 1.39 bits per heavy atom. The van der Waals surface area contributed by atoms with Crippen LogP contribution in [-0.4, -0.2) is 15.7 Å². The highest BCUT2D eigenvalue weighted by atomic mass is 35.5. The second-order valence-corrected chi connectivity index (χ2v) is 3.77. The molecule has 6 heteroatoms. The minimum absolute atomic E-state index is 0. The maximum Gasteiger partial charge on any atom is 0.274 e. The third-order valence-corrected chi connectivity index (χ3v) is 2.37. The smallest absolute Gasteiger partial charge is 0.274 e. The number of nitrogens with one attached hydrogen (secondary N) is 1. The van der Waals surface area contributed by atoms with Crippen molar-refractivity contribution in [2.45, 2.75) is 6.54 Å². The van der Waals surface area contributed by atoms with Crippen LogP contribution in [0.5, 0.6) is 0 Å². The van der Waals surface area contributed by atoms with Gasteiger partial charge in [0.05, 0.1) is 5.69 Å². The number of nitrogens with zero attached hydrogens (tertiary/aromatic N) is 2. The third kappa shape index (κ3) is 3.24. The van der Waals surface area contributed by atoms with Gasteiger partial charge in [0.1, 0.15) is 0 Å². The molecule has 0 aliphatic rings. The summed E-state index contributed by atoms with van der Waals surface area (Å²) in [6.07, 6.45) is 1.61. The lowest BCUT2D eigenvalue weighted by Crippen LogP contribution is -2.24. The minimum atomic E-state index is -0.257. The summed E-state index contributed by atoms with van der Waals surface area (Å²) in [5.74, 6) is -0.257. The molecule has 0 aliphatic heterocycles. The van der Waals surface area contributed by atoms with Gasteiger partial charge in [0.25, 0.3) is 5.91 Å². The summed E-state index contributed by atoms with van der Waals surface area (Å²) in [6.45, 7) is 0.468. The monoisotopic (exact) mass is 266 g/mol. The lowest BCUT2D eigenvalue weighted by Gasteiger charge is -2.03. The van der Waals surface area contributed by atoms with Crippen LogP contribution in [0.1, 0.15) is 16.1 Å². The Morgan fingerprint density at radius 3 is 2.61 bits per heavy atom. The summed E-state index contributed by atoms with van der Waals surface area (Å²) < 4.78 is 1.52. The van der Waals surface area contributed by atoms with Gasteiger partial charge < -0.3 is 11.1 Å². The lowest BCUT2D eigenvalue weighted by molar-refractivity contribution is 0.0946. The predicted molar refractivity (Wildman–Crippen MR) is 72.5 cm³/mol. The van der Waals surface area contributed by atoms with Crippen LogP contribution in [0.2, 0.25) is 0 Å². The van der Waals surface area contributed by atoms with E-state index in [1.54, 1.807) is 13.2 Å². The van der Waals surface area contributed by atoms with Gasteiger partial charge in [0.15, 0.2) is 5.69 Å². The number of rotatable bonds is 3. The van der Waals surface area contributed by atoms with E-state index in [0.29, 0.717) is 12.2 Å². The summed E-state index contributed by atoms with van der Waals surface area (Å²) in [7, 11) is 1.73. The molecule has 0 saturated heterocycles. The van der Waals surface area contributed by atoms with Gasteiger partial charge in [-0.1, -0.05) is 30.3 Å². The van der Waals surface area contributed by atoms with Gasteiger partial charge in [0, 0.05) is 19.8 Å². The molecular formula is C12H15ClN4O. The van der Waals surface area contributed by atoms with Gasteiger partial charge in [-0.15, -0.1) is 12.4 Å². The van der Waals surface area contributed by atoms with Crippen molar-refractivity contribution in [3.63, 3.8) is 0 Å². The summed E-state index contributed by atoms with van der Waals surface area (Å²) in [5, 5.41) is 6.78. The zero-order chi connectivity index (χ0) is 12.3. The summed E-state index contributed by atoms with van der Waals surface area (Å²) in [4.78, 5) is 11.8. The molecule has 0 spiro atoms. The number of carbonyl (C=O) groups is 1. The van der Waals surface area contributed by atoms with E-state index >= 15 is 0 Å². The van der Waals surface area contributed by atoms with E-state index in [-0.39, 0.29) is 24.0 Å². The Labute approximate surface area is 111 Å². The zero-order valence-corrected chi connectivity index (χ0v) is 10.8. The molecule has 0 bridgehead atoms. The largest absolute Gasteiger partial charge is 0.396 e. The van der Waals surface area contributed by atoms with Crippen molar-refractivity contribution in [3.05, 3.63) is 47.8 Å². The van der Waals surface area contributed by atoms with E-state index in [1.807, 2.05) is 30.3 Å². The van der Waals surface area contributed by atoms with Crippen LogP contribution in [0, 0.1) is 0 Å². The van der Waals surface area contributed by atoms with Crippen molar-refractivity contribution in [2.24, 2.45) is 7.05 Å². The van der Waals surface area contributed by atoms with E-state index in [4.69, 9.17) is 5.73 Å². The molecule has 1 amide bonds. The molecule has 1 aromatic heterocycles. The molecule has 2 aromatic rings. The van der Waals surface area contributed by atoms with Crippen LogP contribution in [0.3, 0.4) is 0 Å². The Hall–Kier alpha value is -2.01. The van der Waals surface area contributed by atoms with Crippen molar-refractivity contribution < 1.29 is 4.79 Å². The van der Waals surface area contributed by atoms with Gasteiger partial charge in [-0.3, -0.25) is 9.48 Å². The topological polar surface area (TPSA) is 72.9 Å². The fourth-order valence-corrected chi connectivity index (χ4v) is 1.55. The van der Waals surface area contributed by atoms with Crippen LogP contribution in [0.25, 0.3) is 0 Å². The Balaban J connectivity index is 0.00000162. The van der Waals surface area contributed by atoms with E-state index < -0.39 is 0 Å². The first-order valence-electron chi connectivity index (χ1n) is 5.28. The first kappa shape index (κ1) is 14.1. The van der Waals surface area contributed by atoms with Gasteiger partial charge in [-0.25, -0.2) is 0 Å². The number of nitrogen functional groups attached to an aromatic ring is 1. The Bertz CT molecular complexity index is 524. The van der Waals surface area contributed by atoms with Gasteiger partial charge in [-0.05, 0) is 5.56 Å². The summed E-state index contributed by atoms with van der Waals surface area (Å²) in [6, 6.07) is 9.68. The molecule has 96 valence electrons. The molecule has 18 heavy (non-hydrogen) atoms. The highest BCUT2D eigenvalue weighted by molar-refractivity contribution is 5.96. The maximum atomic E-state index is 11.8. The number of aromatic nitrogens is 2. The molecule has 0 radical (unpaired) electrons. The number of hydrogen-bond donors (Lipinski definition) is 2. The molecular weight excluding hydrogens is 252 g/mol. The Kier molecular flexibility index (Phi) is 4.74. The first-order chi connectivity index (χ1) is 8.16. The molecule has 1 aromatic carbocycles. The standard InChI is InChI=1S/C12H14N4O.ClH/c1-16-8-10(13)11(15-16)12(17)14-7-9-5-3-2-4-6-9;/h2-6,8H,7,13H2,1H3,(H,14,17);1H. The van der Waals surface area contributed by atoms with Crippen molar-refractivity contribution in [3.8, 4) is 0 Å². The van der Waals surface area contributed by atoms with Gasteiger partial charge >= 0.3 is 0 Å². The highest BCUT2D eigenvalue weighted by Crippen LogP contribution is 2.08. The molecule has 0 unspecified atom stereocenters. The third-order valence-electron chi connectivity index (χ3n) is 2.37. The normalized spacial score (nSPS) is 9.61. The van der Waals surface area contributed by atoms with Crippen molar-refractivity contribution in [2.75, 3.05) is 5.73 Å². The molecule has 5 nitrogen and oxygen atoms in total. The number of nitrogens with two attached hydrogens (primary N) is 1. The number of hydrogen-bond acceptors (Lipinski definition) is 3. The fraction of sp³-hybridized carbons (Fsp3) is 0.167. The van der Waals surface area contributed by atoms with Crippen molar-refractivity contribution >= 4 is 24.0 Å². The molecule has 1 heterocycles. The van der Waals surface area contributed by atoms with E-state index in [1.165, 1.54) is 4.68 Å². The number of halogens is 1. The summed E-state index contributed by atoms with van der Waals surface area (Å²) in [5.41, 5.74) is 7.36.